The van der Waals surface area contributed by atoms with Gasteiger partial charge in [-0.1, -0.05) is 229 Å². The summed E-state index contributed by atoms with van der Waals surface area (Å²) < 4.78 is 0. The average molecular weight is 1550 g/mol. The Morgan fingerprint density at radius 2 is 0.627 bits per heavy atom. The Kier molecular flexibility index (Phi) is 38.1. The Labute approximate surface area is 649 Å². The van der Waals surface area contributed by atoms with E-state index in [0.717, 1.165) is 64.1 Å². The van der Waals surface area contributed by atoms with Gasteiger partial charge in [-0.3, -0.25) is 0 Å². The molecule has 0 aliphatic heterocycles. The molecule has 8 aromatic carbocycles. The minimum absolute atomic E-state index is 0. The molecule has 0 fully saturated rings. The van der Waals surface area contributed by atoms with Gasteiger partial charge in [-0.25, -0.2) is 0 Å². The summed E-state index contributed by atoms with van der Waals surface area (Å²) >= 11 is 0. The highest BCUT2D eigenvalue weighted by Gasteiger charge is 2.27. The molecule has 0 amide bonds. The molecule has 8 nitrogen and oxygen atoms in total. The standard InChI is InChI=1S/C26H40NOP.C23H34NOP.C19H26NOP.C18H24NOP.4ClH/c1-17-12-11-13-18(16-27-26(8,9)10)23(17)29-21-15-19(24(2,3)4)14-20(22(21)28)25(5,6)7;1-15-10-9-11-17(14-24-23(6,7)8)21(15)26-19-13-18(22(3,4)5)12-16(2)20(19)25;1-13-9-10-16(15(11-13)12-20-19(3,4)5)22-17-8-6-7-14(2)18(17)21;1-13-9-10-16(14(11-13)12-19-18(2,3)4)21-17-8-6-5-7-15(17)20;;;;/h11-15,27-29H,16H2,1-10H3;9-13,24-26H,14H2,1-8H3;6-11,20-22H,12H2,1-5H3;5-11,19-21H,12H2,1-4H3;4*1H. The van der Waals surface area contributed by atoms with E-state index in [2.05, 4.69) is 291 Å². The maximum absolute atomic E-state index is 11.2. The van der Waals surface area contributed by atoms with Gasteiger partial charge >= 0.3 is 0 Å². The third-order valence-electron chi connectivity index (χ3n) is 16.6. The molecule has 8 N–H and O–H groups in total. The first-order chi connectivity index (χ1) is 45.1. The molecule has 0 saturated carbocycles. The number of para-hydroxylation sites is 2. The van der Waals surface area contributed by atoms with Crippen molar-refractivity contribution in [1.29, 1.82) is 0 Å². The SMILES string of the molecule is Cc1cc(C(C)(C)C)cc(Pc2c(C)cccc2CNC(C)(C)C)c1O.Cc1ccc(Pc2cccc(C)c2O)c(CNC(C)(C)C)c1.Cc1ccc(Pc2ccccc2O)c(CNC(C)(C)C)c1.Cc1cccc(CNC(C)(C)C)c1Pc1cc(C(C)(C)C)cc(C(C)(C)C)c1O.Cl.Cl.Cl.Cl. The van der Waals surface area contributed by atoms with E-state index in [1.807, 2.05) is 50.2 Å². The van der Waals surface area contributed by atoms with Crippen molar-refractivity contribution >= 4 is 126 Å². The molecule has 8 rings (SSSR count). The number of hydrogen-bond donors (Lipinski definition) is 8. The summed E-state index contributed by atoms with van der Waals surface area (Å²) in [6, 6.07) is 48.4. The first kappa shape index (κ1) is 95.7. The summed E-state index contributed by atoms with van der Waals surface area (Å²) in [5.74, 6) is 1.71. The topological polar surface area (TPSA) is 129 Å². The highest BCUT2D eigenvalue weighted by atomic mass is 35.5. The Balaban J connectivity index is 0.000000676. The van der Waals surface area contributed by atoms with Crippen LogP contribution in [0, 0.1) is 41.5 Å². The van der Waals surface area contributed by atoms with Crippen LogP contribution in [-0.2, 0) is 42.4 Å². The number of aryl methyl sites for hydroxylation is 6. The minimum Gasteiger partial charge on any atom is -0.507 e. The van der Waals surface area contributed by atoms with E-state index >= 15 is 0 Å². The van der Waals surface area contributed by atoms with Gasteiger partial charge in [0.05, 0.1) is 0 Å². The lowest BCUT2D eigenvalue weighted by atomic mass is 9.80. The number of phenolic OH excluding ortho intramolecular Hbond substituents is 4. The second-order valence-corrected chi connectivity index (χ2v) is 39.0. The Bertz CT molecular complexity index is 3960. The molecule has 4 unspecified atom stereocenters. The summed E-state index contributed by atoms with van der Waals surface area (Å²) in [5.41, 5.74) is 16.2. The Morgan fingerprint density at radius 1 is 0.284 bits per heavy atom. The van der Waals surface area contributed by atoms with Gasteiger partial charge in [-0.05, 0) is 236 Å². The number of rotatable bonds is 16. The van der Waals surface area contributed by atoms with Crippen molar-refractivity contribution in [2.45, 2.75) is 252 Å². The molecule has 0 spiro atoms. The highest BCUT2D eigenvalue weighted by molar-refractivity contribution is 7.57. The average Bonchev–Trinajstić information content (AvgIpc) is 0.782. The lowest BCUT2D eigenvalue weighted by Gasteiger charge is -2.28. The zero-order valence-electron chi connectivity index (χ0n) is 66.5. The second kappa shape index (κ2) is 40.6. The van der Waals surface area contributed by atoms with Crippen LogP contribution in [0.2, 0.25) is 0 Å². The summed E-state index contributed by atoms with van der Waals surface area (Å²) in [5, 5.41) is 65.8. The molecule has 8 aromatic rings. The van der Waals surface area contributed by atoms with Crippen molar-refractivity contribution < 1.29 is 20.4 Å². The molecule has 0 bridgehead atoms. The summed E-state index contributed by atoms with van der Waals surface area (Å²) in [7, 11) is 1.82. The maximum atomic E-state index is 11.2. The van der Waals surface area contributed by atoms with Gasteiger partial charge in [0.25, 0.3) is 0 Å². The molecule has 0 saturated heterocycles. The van der Waals surface area contributed by atoms with Crippen molar-refractivity contribution in [3.8, 4) is 23.0 Å². The van der Waals surface area contributed by atoms with Crippen LogP contribution in [-0.4, -0.2) is 42.6 Å². The van der Waals surface area contributed by atoms with E-state index in [-0.39, 0.29) is 88.0 Å². The first-order valence-corrected chi connectivity index (χ1v) is 38.8. The van der Waals surface area contributed by atoms with Gasteiger partial charge in [0.15, 0.2) is 0 Å². The van der Waals surface area contributed by atoms with Crippen LogP contribution in [0.1, 0.15) is 218 Å². The fourth-order valence-corrected chi connectivity index (χ4v) is 15.7. The van der Waals surface area contributed by atoms with Gasteiger partial charge in [0, 0.05) is 75.1 Å². The fraction of sp³-hybridized carbons (Fsp3) is 0.442. The number of halogens is 4. The fourth-order valence-electron chi connectivity index (χ4n) is 10.5. The van der Waals surface area contributed by atoms with E-state index in [0.29, 0.717) is 57.3 Å². The molecule has 0 aliphatic carbocycles. The predicted molar refractivity (Wildman–Crippen MR) is 468 cm³/mol. The largest absolute Gasteiger partial charge is 0.507 e. The molecular weight excluding hydrogens is 1420 g/mol. The van der Waals surface area contributed by atoms with E-state index < -0.39 is 0 Å². The zero-order valence-corrected chi connectivity index (χ0v) is 73.8. The molecule has 0 heterocycles. The molecule has 102 heavy (non-hydrogen) atoms. The Morgan fingerprint density at radius 3 is 1.02 bits per heavy atom. The summed E-state index contributed by atoms with van der Waals surface area (Å²) in [6.07, 6.45) is 0. The maximum Gasteiger partial charge on any atom is 0.127 e. The van der Waals surface area contributed by atoms with Crippen LogP contribution in [0.5, 0.6) is 23.0 Å². The van der Waals surface area contributed by atoms with Crippen LogP contribution in [0.4, 0.5) is 0 Å². The van der Waals surface area contributed by atoms with Crippen molar-refractivity contribution in [3.05, 3.63) is 212 Å². The smallest absolute Gasteiger partial charge is 0.127 e. The normalized spacial score (nSPS) is 12.3. The van der Waals surface area contributed by atoms with Crippen LogP contribution in [0.25, 0.3) is 0 Å². The van der Waals surface area contributed by atoms with Gasteiger partial charge in [-0.15, -0.1) is 49.6 Å². The zero-order chi connectivity index (χ0) is 73.7. The van der Waals surface area contributed by atoms with Crippen molar-refractivity contribution in [2.24, 2.45) is 0 Å². The van der Waals surface area contributed by atoms with Crippen molar-refractivity contribution in [2.75, 3.05) is 0 Å². The number of hydrogen-bond acceptors (Lipinski definition) is 8. The van der Waals surface area contributed by atoms with Crippen molar-refractivity contribution in [1.82, 2.24) is 21.3 Å². The molecule has 0 radical (unpaired) electrons. The number of aromatic hydroxyl groups is 4. The third-order valence-corrected chi connectivity index (χ3v) is 22.7. The molecule has 0 aromatic heterocycles. The monoisotopic (exact) mass is 1540 g/mol. The molecule has 564 valence electrons. The number of benzene rings is 8. The lowest BCUT2D eigenvalue weighted by Crippen LogP contribution is -2.36. The van der Waals surface area contributed by atoms with Crippen LogP contribution in [0.15, 0.2) is 140 Å². The molecular formula is C86H128Cl4N4O4P4. The highest BCUT2D eigenvalue weighted by Crippen LogP contribution is 2.38. The van der Waals surface area contributed by atoms with Gasteiger partial charge in [0.1, 0.15) is 23.0 Å². The quantitative estimate of drug-likeness (QED) is 0.0449. The van der Waals surface area contributed by atoms with E-state index in [9.17, 15) is 20.4 Å². The number of phenols is 4. The number of nitrogens with one attached hydrogen (secondary N) is 4. The summed E-state index contributed by atoms with van der Waals surface area (Å²) in [4.78, 5) is 0. The van der Waals surface area contributed by atoms with Gasteiger partial charge < -0.3 is 41.7 Å². The van der Waals surface area contributed by atoms with Gasteiger partial charge in [-0.2, -0.15) is 0 Å². The van der Waals surface area contributed by atoms with E-state index in [1.54, 1.807) is 6.07 Å². The van der Waals surface area contributed by atoms with Crippen LogP contribution < -0.4 is 63.7 Å². The van der Waals surface area contributed by atoms with E-state index in [1.165, 1.54) is 76.9 Å². The lowest BCUT2D eigenvalue weighted by molar-refractivity contribution is 0.424. The van der Waals surface area contributed by atoms with Gasteiger partial charge in [0.2, 0.25) is 0 Å². The minimum atomic E-state index is -0.104. The second-order valence-electron chi connectivity index (χ2n) is 33.8. The Hall–Kier alpha value is -4.32. The molecule has 0 aliphatic rings. The van der Waals surface area contributed by atoms with Crippen molar-refractivity contribution in [3.63, 3.8) is 0 Å². The van der Waals surface area contributed by atoms with Crippen LogP contribution >= 0.6 is 84.0 Å². The predicted octanol–water partition coefficient (Wildman–Crippen LogP) is 19.1. The van der Waals surface area contributed by atoms with Crippen LogP contribution in [0.3, 0.4) is 0 Å². The molecule has 16 heteroatoms. The van der Waals surface area contributed by atoms with E-state index in [4.69, 9.17) is 0 Å². The summed E-state index contributed by atoms with van der Waals surface area (Å²) in [6.45, 7) is 62.0. The first-order valence-electron chi connectivity index (χ1n) is 34.8. The third kappa shape index (κ3) is 31.6. The molecule has 4 atom stereocenters.